The number of fused-ring (bicyclic) bond motifs is 2. The molecular weight excluding hydrogens is 444 g/mol. The first kappa shape index (κ1) is 21.2. The van der Waals surface area contributed by atoms with E-state index in [0.717, 1.165) is 64.3 Å². The highest BCUT2D eigenvalue weighted by molar-refractivity contribution is 7.99. The monoisotopic (exact) mass is 466 g/mol. The highest BCUT2D eigenvalue weighted by Gasteiger charge is 2.26. The van der Waals surface area contributed by atoms with E-state index in [-0.39, 0.29) is 11.8 Å². The van der Waals surface area contributed by atoms with Crippen molar-refractivity contribution in [3.05, 3.63) is 46.7 Å². The molecule has 0 bridgehead atoms. The SMILES string of the molecule is CCc1[nH]c2nc(Sc3ccc4ccc(C(C)=O)nc4c3)nc(N3CC[C@H](N)C3)c2c1Cl. The average Bonchev–Trinajstić information content (AvgIpc) is 3.35. The van der Waals surface area contributed by atoms with Gasteiger partial charge in [0.2, 0.25) is 0 Å². The van der Waals surface area contributed by atoms with Crippen LogP contribution in [0.1, 0.15) is 36.5 Å². The molecule has 1 aliphatic rings. The van der Waals surface area contributed by atoms with Crippen LogP contribution < -0.4 is 10.6 Å². The first-order chi connectivity index (χ1) is 15.4. The van der Waals surface area contributed by atoms with Crippen LogP contribution in [0.25, 0.3) is 21.9 Å². The summed E-state index contributed by atoms with van der Waals surface area (Å²) in [7, 11) is 0. The van der Waals surface area contributed by atoms with Crippen molar-refractivity contribution in [2.45, 2.75) is 42.8 Å². The molecule has 0 unspecified atom stereocenters. The van der Waals surface area contributed by atoms with Crippen LogP contribution in [0.4, 0.5) is 5.82 Å². The number of nitrogens with one attached hydrogen (secondary N) is 1. The molecule has 1 aliphatic heterocycles. The second-order valence-electron chi connectivity index (χ2n) is 8.03. The normalized spacial score (nSPS) is 16.4. The number of aromatic amines is 1. The van der Waals surface area contributed by atoms with Crippen molar-refractivity contribution in [1.29, 1.82) is 0 Å². The number of carbonyl (C=O) groups is 1. The van der Waals surface area contributed by atoms with Crippen molar-refractivity contribution < 1.29 is 4.79 Å². The zero-order chi connectivity index (χ0) is 22.4. The van der Waals surface area contributed by atoms with Gasteiger partial charge in [0.05, 0.1) is 15.9 Å². The summed E-state index contributed by atoms with van der Waals surface area (Å²) >= 11 is 8.14. The Morgan fingerprint density at radius 2 is 2.09 bits per heavy atom. The van der Waals surface area contributed by atoms with E-state index in [1.165, 1.54) is 18.7 Å². The summed E-state index contributed by atoms with van der Waals surface area (Å²) in [6, 6.07) is 9.76. The zero-order valence-electron chi connectivity index (χ0n) is 17.9. The Bertz CT molecular complexity index is 1350. The summed E-state index contributed by atoms with van der Waals surface area (Å²) in [4.78, 5) is 32.4. The molecule has 3 aromatic heterocycles. The van der Waals surface area contributed by atoms with Gasteiger partial charge in [-0.3, -0.25) is 4.79 Å². The molecule has 1 atom stereocenters. The molecule has 1 saturated heterocycles. The van der Waals surface area contributed by atoms with Crippen LogP contribution in [0.5, 0.6) is 0 Å². The second-order valence-corrected chi connectivity index (χ2v) is 9.45. The van der Waals surface area contributed by atoms with E-state index in [0.29, 0.717) is 15.9 Å². The Morgan fingerprint density at radius 1 is 1.28 bits per heavy atom. The van der Waals surface area contributed by atoms with E-state index in [4.69, 9.17) is 27.3 Å². The van der Waals surface area contributed by atoms with Gasteiger partial charge < -0.3 is 15.6 Å². The summed E-state index contributed by atoms with van der Waals surface area (Å²) in [6.07, 6.45) is 1.71. The minimum Gasteiger partial charge on any atom is -0.354 e. The lowest BCUT2D eigenvalue weighted by molar-refractivity contribution is 0.101. The standard InChI is InChI=1S/C23H23ClN6OS/c1-3-16-20(24)19-21(27-16)28-23(29-22(19)30-9-8-14(25)11-30)32-15-6-4-13-5-7-17(12(2)31)26-18(13)10-15/h4-7,10,14H,3,8-9,11,25H2,1-2H3,(H,27,28,29)/t14-/m0/s1. The quantitative estimate of drug-likeness (QED) is 0.327. The number of Topliss-reactive ketones (excluding diaryl/α,β-unsaturated/α-hetero) is 1. The second kappa shape index (κ2) is 8.35. The number of rotatable bonds is 5. The molecule has 4 aromatic rings. The molecule has 5 rings (SSSR count). The number of ketones is 1. The number of nitrogens with zero attached hydrogens (tertiary/aromatic N) is 4. The fraction of sp³-hybridized carbons (Fsp3) is 0.304. The third kappa shape index (κ3) is 3.83. The van der Waals surface area contributed by atoms with Crippen LogP contribution in [0, 0.1) is 0 Å². The molecule has 0 saturated carbocycles. The summed E-state index contributed by atoms with van der Waals surface area (Å²) in [6.45, 7) is 5.16. The molecule has 32 heavy (non-hydrogen) atoms. The lowest BCUT2D eigenvalue weighted by Crippen LogP contribution is -2.27. The lowest BCUT2D eigenvalue weighted by Gasteiger charge is -2.18. The van der Waals surface area contributed by atoms with Crippen LogP contribution in [-0.2, 0) is 6.42 Å². The first-order valence-corrected chi connectivity index (χ1v) is 11.8. The fourth-order valence-electron chi connectivity index (χ4n) is 4.03. The number of H-pyrrole nitrogens is 1. The Hall–Kier alpha value is -2.68. The molecule has 7 nitrogen and oxygen atoms in total. The van der Waals surface area contributed by atoms with E-state index < -0.39 is 0 Å². The van der Waals surface area contributed by atoms with Gasteiger partial charge in [-0.25, -0.2) is 15.0 Å². The van der Waals surface area contributed by atoms with E-state index in [2.05, 4.69) is 21.8 Å². The van der Waals surface area contributed by atoms with Gasteiger partial charge in [0.1, 0.15) is 17.2 Å². The number of aromatic nitrogens is 4. The summed E-state index contributed by atoms with van der Waals surface area (Å²) < 4.78 is 0. The highest BCUT2D eigenvalue weighted by Crippen LogP contribution is 2.37. The average molecular weight is 467 g/mol. The van der Waals surface area contributed by atoms with Gasteiger partial charge in [-0.15, -0.1) is 0 Å². The Labute approximate surface area is 194 Å². The molecule has 0 aliphatic carbocycles. The van der Waals surface area contributed by atoms with E-state index in [1.54, 1.807) is 6.07 Å². The van der Waals surface area contributed by atoms with Crippen molar-refractivity contribution in [3.63, 3.8) is 0 Å². The highest BCUT2D eigenvalue weighted by atomic mass is 35.5. The van der Waals surface area contributed by atoms with Gasteiger partial charge in [-0.2, -0.15) is 0 Å². The van der Waals surface area contributed by atoms with Gasteiger partial charge in [-0.05, 0) is 42.8 Å². The largest absolute Gasteiger partial charge is 0.354 e. The van der Waals surface area contributed by atoms with E-state index in [9.17, 15) is 4.79 Å². The number of hydrogen-bond donors (Lipinski definition) is 2. The van der Waals surface area contributed by atoms with Gasteiger partial charge in [-0.1, -0.05) is 30.7 Å². The van der Waals surface area contributed by atoms with Crippen molar-refractivity contribution in [3.8, 4) is 0 Å². The number of halogens is 1. The van der Waals surface area contributed by atoms with E-state index in [1.807, 2.05) is 24.3 Å². The van der Waals surface area contributed by atoms with Crippen molar-refractivity contribution >= 4 is 56.9 Å². The first-order valence-electron chi connectivity index (χ1n) is 10.6. The number of pyridine rings is 1. The number of aryl methyl sites for hydroxylation is 1. The van der Waals surface area contributed by atoms with Crippen LogP contribution >= 0.6 is 23.4 Å². The van der Waals surface area contributed by atoms with Crippen molar-refractivity contribution in [2.75, 3.05) is 18.0 Å². The Kier molecular flexibility index (Phi) is 5.53. The predicted octanol–water partition coefficient (Wildman–Crippen LogP) is 4.61. The lowest BCUT2D eigenvalue weighted by atomic mass is 10.2. The molecule has 3 N–H and O–H groups in total. The van der Waals surface area contributed by atoms with Crippen LogP contribution in [-0.4, -0.2) is 44.9 Å². The summed E-state index contributed by atoms with van der Waals surface area (Å²) in [5.74, 6) is 0.770. The van der Waals surface area contributed by atoms with Crippen molar-refractivity contribution in [2.24, 2.45) is 5.73 Å². The van der Waals surface area contributed by atoms with Gasteiger partial charge in [0.15, 0.2) is 10.9 Å². The molecule has 1 fully saturated rings. The number of benzene rings is 1. The van der Waals surface area contributed by atoms with E-state index >= 15 is 0 Å². The molecule has 4 heterocycles. The van der Waals surface area contributed by atoms with Gasteiger partial charge in [0.25, 0.3) is 0 Å². The number of nitrogens with two attached hydrogens (primary N) is 1. The smallest absolute Gasteiger partial charge is 0.196 e. The number of carbonyl (C=O) groups excluding carboxylic acids is 1. The van der Waals surface area contributed by atoms with Crippen LogP contribution in [0.3, 0.4) is 0 Å². The topological polar surface area (TPSA) is 101 Å². The molecular formula is C23H23ClN6OS. The number of anilines is 1. The molecule has 0 spiro atoms. The molecule has 0 radical (unpaired) electrons. The molecule has 0 amide bonds. The summed E-state index contributed by atoms with van der Waals surface area (Å²) in [5, 5.41) is 3.14. The Morgan fingerprint density at radius 3 is 2.81 bits per heavy atom. The fourth-order valence-corrected chi connectivity index (χ4v) is 5.17. The molecule has 164 valence electrons. The minimum atomic E-state index is -0.0532. The Balaban J connectivity index is 1.57. The molecule has 9 heteroatoms. The maximum atomic E-state index is 11.7. The third-order valence-corrected chi connectivity index (χ3v) is 7.01. The van der Waals surface area contributed by atoms with Crippen LogP contribution in [0.15, 0.2) is 40.4 Å². The van der Waals surface area contributed by atoms with Crippen molar-refractivity contribution in [1.82, 2.24) is 19.9 Å². The predicted molar refractivity (Wildman–Crippen MR) is 129 cm³/mol. The maximum Gasteiger partial charge on any atom is 0.196 e. The molecule has 1 aromatic carbocycles. The third-order valence-electron chi connectivity index (χ3n) is 5.73. The van der Waals surface area contributed by atoms with Gasteiger partial charge in [0, 0.05) is 42.0 Å². The summed E-state index contributed by atoms with van der Waals surface area (Å²) in [5.41, 5.74) is 9.07. The zero-order valence-corrected chi connectivity index (χ0v) is 19.4. The number of hydrogen-bond acceptors (Lipinski definition) is 7. The van der Waals surface area contributed by atoms with Gasteiger partial charge >= 0.3 is 0 Å². The van der Waals surface area contributed by atoms with Crippen LogP contribution in [0.2, 0.25) is 5.02 Å². The minimum absolute atomic E-state index is 0.0532. The maximum absolute atomic E-state index is 11.7.